The zero-order valence-corrected chi connectivity index (χ0v) is 10.9. The van der Waals surface area contributed by atoms with E-state index in [1.807, 2.05) is 13.8 Å². The van der Waals surface area contributed by atoms with Gasteiger partial charge in [-0.3, -0.25) is 14.9 Å². The van der Waals surface area contributed by atoms with Crippen molar-refractivity contribution < 1.29 is 9.72 Å². The van der Waals surface area contributed by atoms with E-state index in [0.29, 0.717) is 5.69 Å². The summed E-state index contributed by atoms with van der Waals surface area (Å²) >= 11 is 0. The average molecular weight is 251 g/mol. The largest absolute Gasteiger partial charge is 0.383 e. The van der Waals surface area contributed by atoms with Crippen molar-refractivity contribution in [1.29, 1.82) is 0 Å². The molecule has 0 radical (unpaired) electrons. The van der Waals surface area contributed by atoms with Crippen molar-refractivity contribution in [2.45, 2.75) is 19.9 Å². The summed E-state index contributed by atoms with van der Waals surface area (Å²) in [6.07, 6.45) is 0. The molecule has 18 heavy (non-hydrogen) atoms. The number of carbonyl (C=O) groups is 1. The maximum atomic E-state index is 12.2. The van der Waals surface area contributed by atoms with Gasteiger partial charge in [0.25, 0.3) is 5.91 Å². The normalized spacial score (nSPS) is 10.3. The molecule has 0 aliphatic carbocycles. The fraction of sp³-hybridized carbons (Fsp3) is 0.417. The molecule has 0 bridgehead atoms. The molecule has 6 nitrogen and oxygen atoms in total. The lowest BCUT2D eigenvalue weighted by molar-refractivity contribution is -0.384. The second kappa shape index (κ2) is 5.48. The SMILES string of the molecule is CNc1cccc(C(=O)N(C)C(C)C)c1[N+](=O)[O-]. The molecule has 0 heterocycles. The third-order valence-corrected chi connectivity index (χ3v) is 2.81. The molecular weight excluding hydrogens is 234 g/mol. The van der Waals surface area contributed by atoms with Crippen molar-refractivity contribution in [1.82, 2.24) is 4.90 Å². The van der Waals surface area contributed by atoms with Gasteiger partial charge in [-0.05, 0) is 26.0 Å². The molecule has 0 fully saturated rings. The van der Waals surface area contributed by atoms with Crippen LogP contribution in [0.15, 0.2) is 18.2 Å². The number of hydrogen-bond acceptors (Lipinski definition) is 4. The van der Waals surface area contributed by atoms with Crippen LogP contribution in [0.3, 0.4) is 0 Å². The van der Waals surface area contributed by atoms with E-state index in [1.54, 1.807) is 26.2 Å². The number of nitro groups is 1. The number of nitrogens with one attached hydrogen (secondary N) is 1. The molecule has 1 aromatic carbocycles. The van der Waals surface area contributed by atoms with Crippen LogP contribution in [0.25, 0.3) is 0 Å². The smallest absolute Gasteiger partial charge is 0.305 e. The van der Waals surface area contributed by atoms with Crippen molar-refractivity contribution in [3.05, 3.63) is 33.9 Å². The third-order valence-electron chi connectivity index (χ3n) is 2.81. The van der Waals surface area contributed by atoms with Gasteiger partial charge in [0.05, 0.1) is 4.92 Å². The highest BCUT2D eigenvalue weighted by atomic mass is 16.6. The molecule has 1 N–H and O–H groups in total. The standard InChI is InChI=1S/C12H17N3O3/c1-8(2)14(4)12(16)9-6-5-7-10(13-3)11(9)15(17)18/h5-8,13H,1-4H3. The molecule has 0 spiro atoms. The first-order valence-corrected chi connectivity index (χ1v) is 5.62. The van der Waals surface area contributed by atoms with E-state index < -0.39 is 4.92 Å². The van der Waals surface area contributed by atoms with Crippen molar-refractivity contribution >= 4 is 17.3 Å². The van der Waals surface area contributed by atoms with Crippen LogP contribution in [0, 0.1) is 10.1 Å². The van der Waals surface area contributed by atoms with Crippen LogP contribution < -0.4 is 5.32 Å². The molecule has 0 aromatic heterocycles. The van der Waals surface area contributed by atoms with Gasteiger partial charge in [0.2, 0.25) is 0 Å². The molecule has 0 aliphatic heterocycles. The van der Waals surface area contributed by atoms with Crippen LogP contribution >= 0.6 is 0 Å². The Morgan fingerprint density at radius 1 is 1.44 bits per heavy atom. The number of carbonyl (C=O) groups excluding carboxylic acids is 1. The number of nitro benzene ring substituents is 1. The Kier molecular flexibility index (Phi) is 4.25. The Bertz CT molecular complexity index is 472. The molecule has 1 amide bonds. The monoisotopic (exact) mass is 251 g/mol. The first kappa shape index (κ1) is 14.0. The second-order valence-corrected chi connectivity index (χ2v) is 4.22. The van der Waals surface area contributed by atoms with Crippen LogP contribution in [0.2, 0.25) is 0 Å². The Morgan fingerprint density at radius 3 is 2.50 bits per heavy atom. The lowest BCUT2D eigenvalue weighted by atomic mass is 10.1. The summed E-state index contributed by atoms with van der Waals surface area (Å²) in [4.78, 5) is 24.2. The molecule has 0 aliphatic rings. The van der Waals surface area contributed by atoms with Gasteiger partial charge in [0, 0.05) is 20.1 Å². The third kappa shape index (κ3) is 2.58. The first-order valence-electron chi connectivity index (χ1n) is 5.62. The van der Waals surface area contributed by atoms with E-state index in [2.05, 4.69) is 5.32 Å². The number of benzene rings is 1. The average Bonchev–Trinajstić information content (AvgIpc) is 2.35. The predicted octanol–water partition coefficient (Wildman–Crippen LogP) is 2.12. The lowest BCUT2D eigenvalue weighted by Crippen LogP contribution is -2.33. The summed E-state index contributed by atoms with van der Waals surface area (Å²) in [6, 6.07) is 4.65. The molecule has 0 saturated heterocycles. The predicted molar refractivity (Wildman–Crippen MR) is 69.9 cm³/mol. The minimum atomic E-state index is -0.534. The zero-order valence-electron chi connectivity index (χ0n) is 10.9. The summed E-state index contributed by atoms with van der Waals surface area (Å²) < 4.78 is 0. The number of nitrogens with zero attached hydrogens (tertiary/aromatic N) is 2. The van der Waals surface area contributed by atoms with E-state index in [1.165, 1.54) is 11.0 Å². The molecule has 6 heteroatoms. The summed E-state index contributed by atoms with van der Waals surface area (Å²) in [5.74, 6) is -0.353. The van der Waals surface area contributed by atoms with Gasteiger partial charge < -0.3 is 10.2 Å². The van der Waals surface area contributed by atoms with Gasteiger partial charge >= 0.3 is 5.69 Å². The summed E-state index contributed by atoms with van der Waals surface area (Å²) in [5.41, 5.74) is 0.253. The zero-order chi connectivity index (χ0) is 13.9. The van der Waals surface area contributed by atoms with Gasteiger partial charge in [-0.25, -0.2) is 0 Å². The Balaban J connectivity index is 3.32. The fourth-order valence-corrected chi connectivity index (χ4v) is 1.54. The number of para-hydroxylation sites is 1. The maximum Gasteiger partial charge on any atom is 0.305 e. The molecule has 0 unspecified atom stereocenters. The van der Waals surface area contributed by atoms with E-state index in [9.17, 15) is 14.9 Å². The van der Waals surface area contributed by atoms with Crippen LogP contribution in [-0.4, -0.2) is 35.9 Å². The summed E-state index contributed by atoms with van der Waals surface area (Å²) in [5, 5.41) is 13.8. The maximum absolute atomic E-state index is 12.2. The summed E-state index contributed by atoms with van der Waals surface area (Å²) in [6.45, 7) is 3.71. The van der Waals surface area contributed by atoms with Crippen molar-refractivity contribution in [2.75, 3.05) is 19.4 Å². The van der Waals surface area contributed by atoms with Crippen molar-refractivity contribution in [3.63, 3.8) is 0 Å². The van der Waals surface area contributed by atoms with Crippen molar-refractivity contribution in [2.24, 2.45) is 0 Å². The molecular formula is C12H17N3O3. The Morgan fingerprint density at radius 2 is 2.06 bits per heavy atom. The highest BCUT2D eigenvalue weighted by Gasteiger charge is 2.26. The number of hydrogen-bond donors (Lipinski definition) is 1. The minimum absolute atomic E-state index is 0.0182. The van der Waals surface area contributed by atoms with E-state index in [-0.39, 0.29) is 23.2 Å². The minimum Gasteiger partial charge on any atom is -0.383 e. The highest BCUT2D eigenvalue weighted by molar-refractivity contribution is 6.00. The van der Waals surface area contributed by atoms with Crippen LogP contribution in [0.1, 0.15) is 24.2 Å². The quantitative estimate of drug-likeness (QED) is 0.657. The number of rotatable bonds is 4. The molecule has 1 rings (SSSR count). The lowest BCUT2D eigenvalue weighted by Gasteiger charge is -2.21. The highest BCUT2D eigenvalue weighted by Crippen LogP contribution is 2.29. The van der Waals surface area contributed by atoms with E-state index >= 15 is 0 Å². The Hall–Kier alpha value is -2.11. The fourth-order valence-electron chi connectivity index (χ4n) is 1.54. The van der Waals surface area contributed by atoms with Gasteiger partial charge in [-0.1, -0.05) is 6.07 Å². The van der Waals surface area contributed by atoms with Gasteiger partial charge in [-0.2, -0.15) is 0 Å². The van der Waals surface area contributed by atoms with Gasteiger partial charge in [0.15, 0.2) is 0 Å². The number of amides is 1. The first-order chi connectivity index (χ1) is 8.40. The van der Waals surface area contributed by atoms with Gasteiger partial charge in [-0.15, -0.1) is 0 Å². The number of anilines is 1. The molecule has 98 valence electrons. The second-order valence-electron chi connectivity index (χ2n) is 4.22. The van der Waals surface area contributed by atoms with Crippen LogP contribution in [-0.2, 0) is 0 Å². The van der Waals surface area contributed by atoms with Crippen molar-refractivity contribution in [3.8, 4) is 0 Å². The summed E-state index contributed by atoms with van der Waals surface area (Å²) in [7, 11) is 3.21. The topological polar surface area (TPSA) is 75.5 Å². The Labute approximate surface area is 106 Å². The molecule has 1 aromatic rings. The van der Waals surface area contributed by atoms with E-state index in [4.69, 9.17) is 0 Å². The van der Waals surface area contributed by atoms with Crippen LogP contribution in [0.5, 0.6) is 0 Å². The van der Waals surface area contributed by atoms with Crippen LogP contribution in [0.4, 0.5) is 11.4 Å². The molecule has 0 atom stereocenters. The van der Waals surface area contributed by atoms with E-state index in [0.717, 1.165) is 0 Å². The van der Waals surface area contributed by atoms with Gasteiger partial charge in [0.1, 0.15) is 11.3 Å². The molecule has 0 saturated carbocycles.